The molecular weight excluding hydrogens is 290 g/mol. The van der Waals surface area contributed by atoms with Crippen LogP contribution in [-0.2, 0) is 9.59 Å². The van der Waals surface area contributed by atoms with Crippen molar-refractivity contribution in [1.82, 2.24) is 0 Å². The fraction of sp³-hybridized carbons (Fsp3) is 0.0556. The molecule has 0 saturated carbocycles. The van der Waals surface area contributed by atoms with E-state index in [1.807, 2.05) is 36.4 Å². The van der Waals surface area contributed by atoms with E-state index in [-0.39, 0.29) is 11.6 Å². The average Bonchev–Trinajstić information content (AvgIpc) is 2.89. The van der Waals surface area contributed by atoms with Crippen LogP contribution in [0.25, 0.3) is 6.08 Å². The zero-order valence-electron chi connectivity index (χ0n) is 12.3. The van der Waals surface area contributed by atoms with E-state index < -0.39 is 11.8 Å². The molecule has 1 unspecified atom stereocenters. The van der Waals surface area contributed by atoms with E-state index in [2.05, 4.69) is 5.10 Å². The van der Waals surface area contributed by atoms with Crippen LogP contribution in [0.5, 0.6) is 0 Å². The number of nitrogens with zero attached hydrogens (tertiary/aromatic N) is 2. The first kappa shape index (κ1) is 14.7. The molecule has 1 aliphatic rings. The number of ketones is 1. The molecule has 1 aliphatic heterocycles. The number of hydrogen-bond donors (Lipinski definition) is 1. The monoisotopic (exact) mass is 305 g/mol. The normalized spacial score (nSPS) is 17.6. The highest BCUT2D eigenvalue weighted by atomic mass is 16.2. The van der Waals surface area contributed by atoms with Crippen molar-refractivity contribution >= 4 is 29.3 Å². The predicted octanol–water partition coefficient (Wildman–Crippen LogP) is 2.20. The number of benzene rings is 2. The lowest BCUT2D eigenvalue weighted by atomic mass is 10.0. The van der Waals surface area contributed by atoms with Gasteiger partial charge in [0.2, 0.25) is 0 Å². The maximum atomic E-state index is 12.4. The van der Waals surface area contributed by atoms with Crippen molar-refractivity contribution < 1.29 is 9.59 Å². The molecule has 3 rings (SSSR count). The number of nitrogens with two attached hydrogens (primary N) is 1. The van der Waals surface area contributed by atoms with Gasteiger partial charge in [0, 0.05) is 0 Å². The molecule has 0 fully saturated rings. The van der Waals surface area contributed by atoms with E-state index in [1.54, 1.807) is 30.3 Å². The molecule has 114 valence electrons. The summed E-state index contributed by atoms with van der Waals surface area (Å²) in [5.74, 6) is -1.85. The molecule has 1 heterocycles. The lowest BCUT2D eigenvalue weighted by Gasteiger charge is -2.12. The van der Waals surface area contributed by atoms with Crippen molar-refractivity contribution in [2.45, 2.75) is 0 Å². The third-order valence-electron chi connectivity index (χ3n) is 3.49. The Morgan fingerprint density at radius 1 is 1.04 bits per heavy atom. The molecule has 0 spiro atoms. The Labute approximate surface area is 133 Å². The Hall–Kier alpha value is -3.21. The Balaban J connectivity index is 1.79. The summed E-state index contributed by atoms with van der Waals surface area (Å²) in [7, 11) is 0. The van der Waals surface area contributed by atoms with Crippen molar-refractivity contribution in [3.63, 3.8) is 0 Å². The second kappa shape index (κ2) is 6.27. The van der Waals surface area contributed by atoms with Gasteiger partial charge in [-0.3, -0.25) is 9.59 Å². The van der Waals surface area contributed by atoms with Crippen LogP contribution in [0.15, 0.2) is 71.8 Å². The number of amides is 1. The van der Waals surface area contributed by atoms with E-state index in [4.69, 9.17) is 5.73 Å². The third kappa shape index (κ3) is 3.03. The summed E-state index contributed by atoms with van der Waals surface area (Å²) in [5.41, 5.74) is 7.26. The number of carbonyl (C=O) groups excluding carboxylic acids is 2. The number of rotatable bonds is 4. The number of anilines is 1. The fourth-order valence-electron chi connectivity index (χ4n) is 2.33. The molecule has 1 amide bonds. The molecule has 2 N–H and O–H groups in total. The van der Waals surface area contributed by atoms with Crippen LogP contribution in [0.4, 0.5) is 5.69 Å². The highest BCUT2D eigenvalue weighted by Crippen LogP contribution is 2.23. The molecule has 23 heavy (non-hydrogen) atoms. The van der Waals surface area contributed by atoms with Crippen molar-refractivity contribution in [2.75, 3.05) is 5.01 Å². The SMILES string of the molecule is NC1=NN(c2ccccc2)C(=O)C1C(=O)/C=C/c1ccccc1. The number of amidine groups is 1. The van der Waals surface area contributed by atoms with Crippen molar-refractivity contribution in [3.05, 3.63) is 72.3 Å². The topological polar surface area (TPSA) is 75.8 Å². The van der Waals surface area contributed by atoms with Gasteiger partial charge in [-0.1, -0.05) is 54.6 Å². The van der Waals surface area contributed by atoms with Crippen LogP contribution in [-0.4, -0.2) is 17.5 Å². The number of allylic oxidation sites excluding steroid dienone is 1. The highest BCUT2D eigenvalue weighted by molar-refractivity contribution is 6.29. The number of carbonyl (C=O) groups is 2. The predicted molar refractivity (Wildman–Crippen MR) is 89.5 cm³/mol. The van der Waals surface area contributed by atoms with Gasteiger partial charge in [-0.25, -0.2) is 0 Å². The summed E-state index contributed by atoms with van der Waals surface area (Å²) in [6.45, 7) is 0. The molecule has 0 saturated heterocycles. The number of hydrazone groups is 1. The molecule has 0 radical (unpaired) electrons. The first-order chi connectivity index (χ1) is 11.2. The Morgan fingerprint density at radius 2 is 1.65 bits per heavy atom. The first-order valence-corrected chi connectivity index (χ1v) is 7.17. The van der Waals surface area contributed by atoms with Crippen LogP contribution >= 0.6 is 0 Å². The van der Waals surface area contributed by atoms with Gasteiger partial charge >= 0.3 is 0 Å². The molecule has 2 aromatic rings. The third-order valence-corrected chi connectivity index (χ3v) is 3.49. The lowest BCUT2D eigenvalue weighted by Crippen LogP contribution is -2.35. The second-order valence-corrected chi connectivity index (χ2v) is 5.09. The van der Waals surface area contributed by atoms with Crippen molar-refractivity contribution in [3.8, 4) is 0 Å². The smallest absolute Gasteiger partial charge is 0.266 e. The molecule has 0 aliphatic carbocycles. The summed E-state index contributed by atoms with van der Waals surface area (Å²) < 4.78 is 0. The maximum absolute atomic E-state index is 12.4. The van der Waals surface area contributed by atoms with E-state index in [0.29, 0.717) is 5.69 Å². The minimum absolute atomic E-state index is 0.0153. The molecule has 0 aromatic heterocycles. The molecule has 0 bridgehead atoms. The first-order valence-electron chi connectivity index (χ1n) is 7.17. The minimum atomic E-state index is -1.06. The highest BCUT2D eigenvalue weighted by Gasteiger charge is 2.39. The Morgan fingerprint density at radius 3 is 2.30 bits per heavy atom. The van der Waals surface area contributed by atoms with Crippen LogP contribution in [0.1, 0.15) is 5.56 Å². The zero-order chi connectivity index (χ0) is 16.2. The van der Waals surface area contributed by atoms with E-state index in [1.165, 1.54) is 11.1 Å². The minimum Gasteiger partial charge on any atom is -0.385 e. The van der Waals surface area contributed by atoms with Gasteiger partial charge in [0.05, 0.1) is 5.69 Å². The summed E-state index contributed by atoms with van der Waals surface area (Å²) >= 11 is 0. The number of para-hydroxylation sites is 1. The Kier molecular flexibility index (Phi) is 4.01. The maximum Gasteiger partial charge on any atom is 0.266 e. The van der Waals surface area contributed by atoms with Gasteiger partial charge in [0.1, 0.15) is 5.84 Å². The number of hydrogen-bond acceptors (Lipinski definition) is 4. The second-order valence-electron chi connectivity index (χ2n) is 5.09. The molecule has 5 heteroatoms. The van der Waals surface area contributed by atoms with Gasteiger partial charge in [-0.05, 0) is 23.8 Å². The summed E-state index contributed by atoms with van der Waals surface area (Å²) in [6.07, 6.45) is 3.03. The summed E-state index contributed by atoms with van der Waals surface area (Å²) in [4.78, 5) is 24.8. The van der Waals surface area contributed by atoms with Gasteiger partial charge in [0.25, 0.3) is 5.91 Å². The van der Waals surface area contributed by atoms with E-state index >= 15 is 0 Å². The van der Waals surface area contributed by atoms with Gasteiger partial charge in [0.15, 0.2) is 11.7 Å². The lowest BCUT2D eigenvalue weighted by molar-refractivity contribution is -0.126. The van der Waals surface area contributed by atoms with Crippen molar-refractivity contribution in [2.24, 2.45) is 16.8 Å². The summed E-state index contributed by atoms with van der Waals surface area (Å²) in [5, 5.41) is 5.20. The van der Waals surface area contributed by atoms with E-state index in [9.17, 15) is 9.59 Å². The Bertz CT molecular complexity index is 782. The zero-order valence-corrected chi connectivity index (χ0v) is 12.3. The van der Waals surface area contributed by atoms with Crippen LogP contribution in [0, 0.1) is 5.92 Å². The van der Waals surface area contributed by atoms with Crippen LogP contribution in [0.2, 0.25) is 0 Å². The van der Waals surface area contributed by atoms with Crippen LogP contribution < -0.4 is 10.7 Å². The fourth-order valence-corrected chi connectivity index (χ4v) is 2.33. The molecule has 5 nitrogen and oxygen atoms in total. The average molecular weight is 305 g/mol. The van der Waals surface area contributed by atoms with Gasteiger partial charge < -0.3 is 5.73 Å². The van der Waals surface area contributed by atoms with Gasteiger partial charge in [-0.15, -0.1) is 0 Å². The van der Waals surface area contributed by atoms with Crippen molar-refractivity contribution in [1.29, 1.82) is 0 Å². The van der Waals surface area contributed by atoms with Gasteiger partial charge in [-0.2, -0.15) is 10.1 Å². The quantitative estimate of drug-likeness (QED) is 0.695. The molecule has 2 aromatic carbocycles. The van der Waals surface area contributed by atoms with Crippen LogP contribution in [0.3, 0.4) is 0 Å². The van der Waals surface area contributed by atoms with E-state index in [0.717, 1.165) is 5.56 Å². The molecule has 1 atom stereocenters. The largest absolute Gasteiger partial charge is 0.385 e. The molecular formula is C18H15N3O2. The summed E-state index contributed by atoms with van der Waals surface area (Å²) in [6, 6.07) is 18.3. The standard InChI is InChI=1S/C18H15N3O2/c19-17-16(15(22)12-11-13-7-3-1-4-8-13)18(23)21(20-17)14-9-5-2-6-10-14/h1-12,16H,(H2,19,20)/b12-11+.